The average molecular weight is 450 g/mol. The molecular weight excluding hydrogens is 426 g/mol. The first-order valence-corrected chi connectivity index (χ1v) is 11.2. The van der Waals surface area contributed by atoms with Crippen LogP contribution in [0.15, 0.2) is 71.6 Å². The summed E-state index contributed by atoms with van der Waals surface area (Å²) in [6, 6.07) is 16.8. The summed E-state index contributed by atoms with van der Waals surface area (Å²) in [5.41, 5.74) is 1.06. The normalized spacial score (nSPS) is 17.6. The summed E-state index contributed by atoms with van der Waals surface area (Å²) in [5.74, 6) is -0.273. The minimum atomic E-state index is -0.723. The summed E-state index contributed by atoms with van der Waals surface area (Å²) in [4.78, 5) is 28.4. The Morgan fingerprint density at radius 1 is 0.938 bits per heavy atom. The standard InChI is InChI=1S/C25H23NO5S/c1-3-30-18-11-7-16(8-12-18)23(27)21-22(20-6-5-15-32-20)26(25(29)24(21)28)17-9-13-19(14-10-17)31-4-2/h5-15,22,27H,3-4H2,1-2H3/b23-21-. The van der Waals surface area contributed by atoms with E-state index >= 15 is 0 Å². The number of ketones is 1. The maximum atomic E-state index is 13.1. The molecule has 1 unspecified atom stereocenters. The van der Waals surface area contributed by atoms with E-state index in [1.807, 2.05) is 31.4 Å². The van der Waals surface area contributed by atoms with E-state index < -0.39 is 17.7 Å². The summed E-state index contributed by atoms with van der Waals surface area (Å²) in [6.45, 7) is 4.83. The molecule has 164 valence electrons. The number of ether oxygens (including phenoxy) is 2. The molecule has 0 aliphatic carbocycles. The first kappa shape index (κ1) is 21.6. The van der Waals surface area contributed by atoms with Crippen LogP contribution in [0.5, 0.6) is 11.5 Å². The van der Waals surface area contributed by atoms with Crippen LogP contribution in [0.25, 0.3) is 5.76 Å². The third kappa shape index (κ3) is 3.99. The summed E-state index contributed by atoms with van der Waals surface area (Å²) in [5, 5.41) is 13.0. The average Bonchev–Trinajstić information content (AvgIpc) is 3.42. The lowest BCUT2D eigenvalue weighted by Crippen LogP contribution is -2.29. The van der Waals surface area contributed by atoms with E-state index in [1.54, 1.807) is 48.5 Å². The molecule has 3 aromatic rings. The SMILES string of the molecule is CCOc1ccc(/C(O)=C2/C(=O)C(=O)N(c3ccc(OCC)cc3)C2c2cccs2)cc1. The van der Waals surface area contributed by atoms with Crippen molar-refractivity contribution in [1.82, 2.24) is 0 Å². The molecule has 4 rings (SSSR count). The molecule has 1 N–H and O–H groups in total. The number of benzene rings is 2. The molecule has 1 aliphatic heterocycles. The quantitative estimate of drug-likeness (QED) is 0.306. The molecule has 1 saturated heterocycles. The number of nitrogens with zero attached hydrogens (tertiary/aromatic N) is 1. The zero-order chi connectivity index (χ0) is 22.7. The Balaban J connectivity index is 1.80. The van der Waals surface area contributed by atoms with Crippen molar-refractivity contribution in [3.8, 4) is 11.5 Å². The van der Waals surface area contributed by atoms with Gasteiger partial charge in [-0.05, 0) is 73.8 Å². The predicted octanol–water partition coefficient (Wildman–Crippen LogP) is 5.17. The first-order chi connectivity index (χ1) is 15.5. The minimum Gasteiger partial charge on any atom is -0.507 e. The fourth-order valence-corrected chi connectivity index (χ4v) is 4.54. The van der Waals surface area contributed by atoms with Crippen molar-refractivity contribution >= 4 is 34.5 Å². The number of thiophene rings is 1. The van der Waals surface area contributed by atoms with Gasteiger partial charge in [-0.25, -0.2) is 0 Å². The Morgan fingerprint density at radius 3 is 2.06 bits per heavy atom. The first-order valence-electron chi connectivity index (χ1n) is 10.4. The number of aliphatic hydroxyl groups is 1. The molecule has 32 heavy (non-hydrogen) atoms. The fraction of sp³-hybridized carbons (Fsp3) is 0.200. The van der Waals surface area contributed by atoms with Crippen molar-refractivity contribution in [2.75, 3.05) is 18.1 Å². The number of anilines is 1. The second-order valence-corrected chi connectivity index (χ2v) is 8.05. The van der Waals surface area contributed by atoms with E-state index in [4.69, 9.17) is 9.47 Å². The molecule has 2 heterocycles. The third-order valence-electron chi connectivity index (χ3n) is 5.12. The summed E-state index contributed by atoms with van der Waals surface area (Å²) in [7, 11) is 0. The van der Waals surface area contributed by atoms with Gasteiger partial charge in [0.1, 0.15) is 23.3 Å². The minimum absolute atomic E-state index is 0.0653. The topological polar surface area (TPSA) is 76.1 Å². The lowest BCUT2D eigenvalue weighted by Gasteiger charge is -2.24. The van der Waals surface area contributed by atoms with Crippen LogP contribution in [0, 0.1) is 0 Å². The molecule has 0 spiro atoms. The molecule has 0 radical (unpaired) electrons. The van der Waals surface area contributed by atoms with E-state index in [1.165, 1.54) is 16.2 Å². The second-order valence-electron chi connectivity index (χ2n) is 7.07. The van der Waals surface area contributed by atoms with Crippen LogP contribution in [0.1, 0.15) is 30.3 Å². The van der Waals surface area contributed by atoms with Gasteiger partial charge in [-0.15, -0.1) is 11.3 Å². The number of hydrogen-bond donors (Lipinski definition) is 1. The van der Waals surface area contributed by atoms with Crippen molar-refractivity contribution in [3.63, 3.8) is 0 Å². The lowest BCUT2D eigenvalue weighted by atomic mass is 9.99. The van der Waals surface area contributed by atoms with Crippen molar-refractivity contribution < 1.29 is 24.2 Å². The second kappa shape index (κ2) is 9.28. The number of Topliss-reactive ketones (excluding diaryl/α,β-unsaturated/α-hetero) is 1. The molecule has 2 aromatic carbocycles. The van der Waals surface area contributed by atoms with Gasteiger partial charge in [0.05, 0.1) is 18.8 Å². The highest BCUT2D eigenvalue weighted by Crippen LogP contribution is 2.43. The number of carbonyl (C=O) groups excluding carboxylic acids is 2. The molecule has 1 amide bonds. The van der Waals surface area contributed by atoms with Crippen molar-refractivity contribution in [2.45, 2.75) is 19.9 Å². The molecule has 0 bridgehead atoms. The van der Waals surface area contributed by atoms with E-state index in [0.29, 0.717) is 36.0 Å². The van der Waals surface area contributed by atoms with Gasteiger partial charge < -0.3 is 14.6 Å². The summed E-state index contributed by atoms with van der Waals surface area (Å²) in [6.07, 6.45) is 0. The summed E-state index contributed by atoms with van der Waals surface area (Å²) >= 11 is 1.42. The zero-order valence-corrected chi connectivity index (χ0v) is 18.6. The van der Waals surface area contributed by atoms with Gasteiger partial charge in [0, 0.05) is 16.1 Å². The van der Waals surface area contributed by atoms with Crippen LogP contribution < -0.4 is 14.4 Å². The van der Waals surface area contributed by atoms with Crippen molar-refractivity contribution in [2.24, 2.45) is 0 Å². The predicted molar refractivity (Wildman–Crippen MR) is 124 cm³/mol. The lowest BCUT2D eigenvalue weighted by molar-refractivity contribution is -0.132. The Kier molecular flexibility index (Phi) is 6.28. The molecule has 1 aromatic heterocycles. The Hall–Kier alpha value is -3.58. The van der Waals surface area contributed by atoms with Gasteiger partial charge in [0.15, 0.2) is 0 Å². The monoisotopic (exact) mass is 449 g/mol. The molecule has 1 fully saturated rings. The van der Waals surface area contributed by atoms with Gasteiger partial charge in [-0.2, -0.15) is 0 Å². The smallest absolute Gasteiger partial charge is 0.300 e. The van der Waals surface area contributed by atoms with E-state index in [0.717, 1.165) is 4.88 Å². The molecular formula is C25H23NO5S. The van der Waals surface area contributed by atoms with E-state index in [-0.39, 0.29) is 11.3 Å². The van der Waals surface area contributed by atoms with Crippen LogP contribution in [0.3, 0.4) is 0 Å². The molecule has 7 heteroatoms. The van der Waals surface area contributed by atoms with Crippen molar-refractivity contribution in [3.05, 3.63) is 82.1 Å². The van der Waals surface area contributed by atoms with E-state index in [2.05, 4.69) is 0 Å². The van der Waals surface area contributed by atoms with Crippen LogP contribution >= 0.6 is 11.3 Å². The Morgan fingerprint density at radius 2 is 1.53 bits per heavy atom. The molecule has 1 aliphatic rings. The largest absolute Gasteiger partial charge is 0.507 e. The highest BCUT2D eigenvalue weighted by Gasteiger charge is 2.47. The number of aliphatic hydroxyl groups excluding tert-OH is 1. The summed E-state index contributed by atoms with van der Waals surface area (Å²) < 4.78 is 10.9. The van der Waals surface area contributed by atoms with Gasteiger partial charge in [0.25, 0.3) is 11.7 Å². The highest BCUT2D eigenvalue weighted by molar-refractivity contribution is 7.10. The Bertz CT molecular complexity index is 1130. The number of hydrogen-bond acceptors (Lipinski definition) is 6. The number of carbonyl (C=O) groups is 2. The van der Waals surface area contributed by atoms with E-state index in [9.17, 15) is 14.7 Å². The highest BCUT2D eigenvalue weighted by atomic mass is 32.1. The third-order valence-corrected chi connectivity index (χ3v) is 6.05. The Labute approximate surface area is 190 Å². The van der Waals surface area contributed by atoms with Crippen LogP contribution in [0.4, 0.5) is 5.69 Å². The van der Waals surface area contributed by atoms with Crippen LogP contribution in [-0.2, 0) is 9.59 Å². The van der Waals surface area contributed by atoms with Crippen LogP contribution in [-0.4, -0.2) is 30.0 Å². The maximum absolute atomic E-state index is 13.1. The van der Waals surface area contributed by atoms with Gasteiger partial charge in [0.2, 0.25) is 0 Å². The maximum Gasteiger partial charge on any atom is 0.300 e. The molecule has 1 atom stereocenters. The molecule has 6 nitrogen and oxygen atoms in total. The van der Waals surface area contributed by atoms with Gasteiger partial charge in [-0.1, -0.05) is 6.07 Å². The number of rotatable bonds is 7. The molecule has 0 saturated carbocycles. The number of amides is 1. The van der Waals surface area contributed by atoms with Gasteiger partial charge in [-0.3, -0.25) is 14.5 Å². The van der Waals surface area contributed by atoms with Crippen molar-refractivity contribution in [1.29, 1.82) is 0 Å². The van der Waals surface area contributed by atoms with Crippen LogP contribution in [0.2, 0.25) is 0 Å². The van der Waals surface area contributed by atoms with Gasteiger partial charge >= 0.3 is 0 Å². The fourth-order valence-electron chi connectivity index (χ4n) is 3.72. The zero-order valence-electron chi connectivity index (χ0n) is 17.8.